The quantitative estimate of drug-likeness (QED) is 0.890. The molecule has 0 fully saturated rings. The molecule has 2 atom stereocenters. The maximum Gasteiger partial charge on any atom is 0.264 e. The van der Waals surface area contributed by atoms with Crippen LogP contribution < -0.4 is 5.32 Å². The van der Waals surface area contributed by atoms with Crippen LogP contribution in [0.15, 0.2) is 11.4 Å². The average Bonchev–Trinajstić information content (AvgIpc) is 3.04. The van der Waals surface area contributed by atoms with E-state index in [9.17, 15) is 4.79 Å². The molecule has 20 heavy (non-hydrogen) atoms. The lowest BCUT2D eigenvalue weighted by molar-refractivity contribution is -0.131. The number of amides is 1. The first-order valence-electron chi connectivity index (χ1n) is 7.12. The topological polar surface area (TPSA) is 68.5 Å². The zero-order valence-corrected chi connectivity index (χ0v) is 12.5. The number of aryl methyl sites for hydroxylation is 1. The first kappa shape index (κ1) is 14.6. The lowest BCUT2D eigenvalue weighted by atomic mass is 10.1. The van der Waals surface area contributed by atoms with Gasteiger partial charge in [-0.15, -0.1) is 0 Å². The van der Waals surface area contributed by atoms with E-state index in [1.54, 1.807) is 6.20 Å². The molecule has 1 aliphatic rings. The number of carbonyl (C=O) groups is 1. The fourth-order valence-electron chi connectivity index (χ4n) is 2.16. The summed E-state index contributed by atoms with van der Waals surface area (Å²) >= 11 is 0. The standard InChI is InChI=1S/C14H22N4O2/c1-5-9(3)16-14(19)13-7-12(17-20-13)11-8-15-18(6-2)10(11)4/h8-9,13H,5-7H2,1-4H3,(H,16,19)/t9-,13-/m1/s1. The van der Waals surface area contributed by atoms with Gasteiger partial charge in [0.25, 0.3) is 5.91 Å². The Kier molecular flexibility index (Phi) is 4.42. The molecule has 0 unspecified atom stereocenters. The molecule has 0 aromatic carbocycles. The van der Waals surface area contributed by atoms with Crippen LogP contribution in [0.1, 0.15) is 44.9 Å². The van der Waals surface area contributed by atoms with E-state index in [2.05, 4.69) is 15.6 Å². The van der Waals surface area contributed by atoms with E-state index in [0.29, 0.717) is 6.42 Å². The first-order valence-corrected chi connectivity index (χ1v) is 7.12. The van der Waals surface area contributed by atoms with Gasteiger partial charge in [-0.25, -0.2) is 0 Å². The molecule has 6 heteroatoms. The monoisotopic (exact) mass is 278 g/mol. The van der Waals surface area contributed by atoms with E-state index in [1.807, 2.05) is 32.4 Å². The molecule has 0 bridgehead atoms. The predicted molar refractivity (Wildman–Crippen MR) is 76.6 cm³/mol. The number of nitrogens with zero attached hydrogens (tertiary/aromatic N) is 3. The van der Waals surface area contributed by atoms with Crippen molar-refractivity contribution in [1.82, 2.24) is 15.1 Å². The number of oxime groups is 1. The third-order valence-corrected chi connectivity index (χ3v) is 3.68. The van der Waals surface area contributed by atoms with Gasteiger partial charge in [0.1, 0.15) is 0 Å². The summed E-state index contributed by atoms with van der Waals surface area (Å²) in [7, 11) is 0. The van der Waals surface area contributed by atoms with Crippen molar-refractivity contribution >= 4 is 11.6 Å². The molecule has 1 aliphatic heterocycles. The minimum absolute atomic E-state index is 0.0985. The van der Waals surface area contributed by atoms with E-state index in [-0.39, 0.29) is 11.9 Å². The van der Waals surface area contributed by atoms with Gasteiger partial charge in [0, 0.05) is 30.3 Å². The summed E-state index contributed by atoms with van der Waals surface area (Å²) in [5.74, 6) is -0.0985. The molecule has 1 aromatic rings. The normalized spacial score (nSPS) is 19.4. The number of nitrogens with one attached hydrogen (secondary N) is 1. The number of hydrogen-bond donors (Lipinski definition) is 1. The van der Waals surface area contributed by atoms with Crippen LogP contribution in [0.5, 0.6) is 0 Å². The lowest BCUT2D eigenvalue weighted by Crippen LogP contribution is -2.39. The van der Waals surface area contributed by atoms with Gasteiger partial charge in [0.2, 0.25) is 6.10 Å². The van der Waals surface area contributed by atoms with Gasteiger partial charge in [-0.1, -0.05) is 12.1 Å². The zero-order chi connectivity index (χ0) is 14.7. The van der Waals surface area contributed by atoms with Gasteiger partial charge in [-0.05, 0) is 27.2 Å². The average molecular weight is 278 g/mol. The molecule has 1 aromatic heterocycles. The van der Waals surface area contributed by atoms with Crippen molar-refractivity contribution in [2.75, 3.05) is 0 Å². The molecule has 1 N–H and O–H groups in total. The Morgan fingerprint density at radius 1 is 1.60 bits per heavy atom. The highest BCUT2D eigenvalue weighted by molar-refractivity contribution is 6.04. The maximum atomic E-state index is 12.0. The predicted octanol–water partition coefficient (Wildman–Crippen LogP) is 1.62. The Labute approximate surface area is 119 Å². The fourth-order valence-corrected chi connectivity index (χ4v) is 2.16. The summed E-state index contributed by atoms with van der Waals surface area (Å²) in [4.78, 5) is 17.3. The number of aromatic nitrogens is 2. The van der Waals surface area contributed by atoms with Crippen LogP contribution in [0.3, 0.4) is 0 Å². The Bertz CT molecular complexity index is 521. The largest absolute Gasteiger partial charge is 0.382 e. The van der Waals surface area contributed by atoms with Gasteiger partial charge < -0.3 is 10.2 Å². The van der Waals surface area contributed by atoms with E-state index in [4.69, 9.17) is 4.84 Å². The van der Waals surface area contributed by atoms with E-state index in [1.165, 1.54) is 0 Å². The smallest absolute Gasteiger partial charge is 0.264 e. The second-order valence-corrected chi connectivity index (χ2v) is 5.11. The van der Waals surface area contributed by atoms with Crippen LogP contribution in [0.2, 0.25) is 0 Å². The summed E-state index contributed by atoms with van der Waals surface area (Å²) in [6, 6.07) is 0.153. The van der Waals surface area contributed by atoms with E-state index >= 15 is 0 Å². The third-order valence-electron chi connectivity index (χ3n) is 3.68. The molecule has 1 amide bonds. The molecule has 0 saturated carbocycles. The minimum Gasteiger partial charge on any atom is -0.382 e. The highest BCUT2D eigenvalue weighted by atomic mass is 16.6. The second-order valence-electron chi connectivity index (χ2n) is 5.11. The summed E-state index contributed by atoms with van der Waals surface area (Å²) in [5.41, 5.74) is 2.81. The van der Waals surface area contributed by atoms with Crippen molar-refractivity contribution in [2.24, 2.45) is 5.16 Å². The fraction of sp³-hybridized carbons (Fsp3) is 0.643. The first-order chi connectivity index (χ1) is 9.56. The summed E-state index contributed by atoms with van der Waals surface area (Å²) in [5, 5.41) is 11.3. The Morgan fingerprint density at radius 2 is 2.35 bits per heavy atom. The molecular weight excluding hydrogens is 256 g/mol. The third kappa shape index (κ3) is 2.84. The van der Waals surface area contributed by atoms with Crippen molar-refractivity contribution < 1.29 is 9.63 Å². The van der Waals surface area contributed by atoms with Crippen LogP contribution in [-0.2, 0) is 16.2 Å². The molecule has 0 saturated heterocycles. The van der Waals surface area contributed by atoms with Gasteiger partial charge in [-0.2, -0.15) is 5.10 Å². The van der Waals surface area contributed by atoms with Crippen LogP contribution in [0.25, 0.3) is 0 Å². The Morgan fingerprint density at radius 3 is 2.95 bits per heavy atom. The lowest BCUT2D eigenvalue weighted by Gasteiger charge is -2.14. The van der Waals surface area contributed by atoms with E-state index < -0.39 is 6.10 Å². The molecule has 2 heterocycles. The summed E-state index contributed by atoms with van der Waals surface area (Å²) < 4.78 is 1.91. The highest BCUT2D eigenvalue weighted by Gasteiger charge is 2.30. The van der Waals surface area contributed by atoms with Crippen LogP contribution in [0.4, 0.5) is 0 Å². The molecule has 0 aliphatic carbocycles. The highest BCUT2D eigenvalue weighted by Crippen LogP contribution is 2.19. The van der Waals surface area contributed by atoms with E-state index in [0.717, 1.165) is 29.9 Å². The zero-order valence-electron chi connectivity index (χ0n) is 12.5. The van der Waals surface area contributed by atoms with Crippen molar-refractivity contribution in [3.05, 3.63) is 17.5 Å². The Balaban J connectivity index is 2.01. The van der Waals surface area contributed by atoms with Crippen molar-refractivity contribution in [3.8, 4) is 0 Å². The second kappa shape index (κ2) is 6.07. The van der Waals surface area contributed by atoms with Gasteiger partial charge in [0.15, 0.2) is 0 Å². The minimum atomic E-state index is -0.525. The SMILES string of the molecule is CC[C@@H](C)NC(=O)[C@H]1CC(c2cnn(CC)c2C)=NO1. The van der Waals surface area contributed by atoms with Crippen molar-refractivity contribution in [3.63, 3.8) is 0 Å². The molecule has 110 valence electrons. The molecule has 2 rings (SSSR count). The van der Waals surface area contributed by atoms with Gasteiger partial charge >= 0.3 is 0 Å². The molecular formula is C14H22N4O2. The number of carbonyl (C=O) groups excluding carboxylic acids is 1. The van der Waals surface area contributed by atoms with Gasteiger partial charge in [0.05, 0.1) is 11.9 Å². The van der Waals surface area contributed by atoms with Gasteiger partial charge in [-0.3, -0.25) is 9.48 Å². The molecule has 0 radical (unpaired) electrons. The number of hydrogen-bond acceptors (Lipinski definition) is 4. The summed E-state index contributed by atoms with van der Waals surface area (Å²) in [6.07, 6.45) is 2.66. The summed E-state index contributed by atoms with van der Waals surface area (Å²) in [6.45, 7) is 8.87. The van der Waals surface area contributed by atoms with Crippen LogP contribution in [0, 0.1) is 6.92 Å². The van der Waals surface area contributed by atoms with Crippen LogP contribution >= 0.6 is 0 Å². The van der Waals surface area contributed by atoms with Crippen molar-refractivity contribution in [1.29, 1.82) is 0 Å². The van der Waals surface area contributed by atoms with Crippen molar-refractivity contribution in [2.45, 2.75) is 59.2 Å². The maximum absolute atomic E-state index is 12.0. The molecule has 6 nitrogen and oxygen atoms in total. The van der Waals surface area contributed by atoms with Crippen LogP contribution in [-0.4, -0.2) is 33.5 Å². The molecule has 0 spiro atoms. The number of rotatable bonds is 5. The Hall–Kier alpha value is -1.85.